The number of hydrogen-bond acceptors (Lipinski definition) is 5. The van der Waals surface area contributed by atoms with Crippen LogP contribution < -0.4 is 0 Å². The van der Waals surface area contributed by atoms with E-state index in [1.807, 2.05) is 6.07 Å². The minimum atomic E-state index is -1.04. The Labute approximate surface area is 182 Å². The molecule has 0 fully saturated rings. The predicted molar refractivity (Wildman–Crippen MR) is 114 cm³/mol. The zero-order valence-corrected chi connectivity index (χ0v) is 17.3. The highest BCUT2D eigenvalue weighted by Gasteiger charge is 2.21. The zero-order valence-electron chi connectivity index (χ0n) is 17.3. The quantitative estimate of drug-likeness (QED) is 0.513. The molecule has 0 bridgehead atoms. The second kappa shape index (κ2) is 7.84. The van der Waals surface area contributed by atoms with E-state index in [9.17, 15) is 14.8 Å². The van der Waals surface area contributed by atoms with Crippen LogP contribution >= 0.6 is 0 Å². The van der Waals surface area contributed by atoms with E-state index in [-0.39, 0.29) is 34.5 Å². The summed E-state index contributed by atoms with van der Waals surface area (Å²) in [5, 5.41) is 33.6. The Morgan fingerprint density at radius 1 is 1.03 bits per heavy atom. The molecule has 0 aliphatic carbocycles. The molecule has 0 atom stereocenters. The molecule has 0 aliphatic heterocycles. The fourth-order valence-electron chi connectivity index (χ4n) is 3.58. The van der Waals surface area contributed by atoms with Gasteiger partial charge in [0, 0.05) is 34.3 Å². The lowest BCUT2D eigenvalue weighted by molar-refractivity contribution is 0.0591. The number of pyridine rings is 1. The fourth-order valence-corrected chi connectivity index (χ4v) is 3.58. The molecule has 4 aromatic rings. The Bertz CT molecular complexity index is 1440. The lowest BCUT2D eigenvalue weighted by Gasteiger charge is -2.17. The lowest BCUT2D eigenvalue weighted by Crippen LogP contribution is -2.26. The average Bonchev–Trinajstić information content (AvgIpc) is 3.12. The third kappa shape index (κ3) is 3.80. The molecule has 2 heterocycles. The van der Waals surface area contributed by atoms with Gasteiger partial charge in [0.05, 0.1) is 46.7 Å². The number of rotatable bonds is 4. The second-order valence-electron chi connectivity index (χ2n) is 8.01. The molecule has 8 heteroatoms. The van der Waals surface area contributed by atoms with Crippen LogP contribution in [0.2, 0.25) is 0 Å². The molecule has 0 spiro atoms. The largest absolute Gasteiger partial charge is 0.389 e. The monoisotopic (exact) mass is 429 g/mol. The maximum absolute atomic E-state index is 15.3. The van der Waals surface area contributed by atoms with Gasteiger partial charge in [-0.2, -0.15) is 15.6 Å². The Hall–Kier alpha value is -4.14. The normalized spacial score (nSPS) is 11.3. The summed E-state index contributed by atoms with van der Waals surface area (Å²) >= 11 is 0. The summed E-state index contributed by atoms with van der Waals surface area (Å²) in [5.74, 6) is -1.35. The van der Waals surface area contributed by atoms with E-state index < -0.39 is 17.2 Å². The fraction of sp³-hybridized carbons (Fsp3) is 0.167. The molecular formula is C24H17F2N5O. The van der Waals surface area contributed by atoms with Crippen molar-refractivity contribution in [1.82, 2.24) is 14.8 Å². The Morgan fingerprint density at radius 2 is 1.78 bits per heavy atom. The first-order chi connectivity index (χ1) is 15.2. The number of halogens is 2. The van der Waals surface area contributed by atoms with Gasteiger partial charge in [0.1, 0.15) is 17.7 Å². The van der Waals surface area contributed by atoms with Gasteiger partial charge in [-0.05, 0) is 38.1 Å². The van der Waals surface area contributed by atoms with Crippen LogP contribution in [0.1, 0.15) is 25.0 Å². The minimum Gasteiger partial charge on any atom is -0.389 e. The van der Waals surface area contributed by atoms with Crippen molar-refractivity contribution < 1.29 is 13.9 Å². The predicted octanol–water partition coefficient (Wildman–Crippen LogP) is 4.56. The Kier molecular flexibility index (Phi) is 5.17. The summed E-state index contributed by atoms with van der Waals surface area (Å²) in [6.07, 6.45) is 2.94. The lowest BCUT2D eigenvalue weighted by atomic mass is 9.93. The standard InChI is InChI=1S/C24H17F2N5O/c1-24(2,32)13-31-21-9-20(26)18(7-17(21)12-30-31)22-16(11-28)5-6-29-23(22)14-3-4-15(10-27)19(25)8-14/h3-9,12,32H,13H2,1-2H3. The molecule has 158 valence electrons. The third-order valence-electron chi connectivity index (χ3n) is 4.97. The number of nitriles is 2. The van der Waals surface area contributed by atoms with Crippen LogP contribution in [0.5, 0.6) is 0 Å². The summed E-state index contributed by atoms with van der Waals surface area (Å²) in [6.45, 7) is 3.42. The van der Waals surface area contributed by atoms with Crippen molar-refractivity contribution in [3.63, 3.8) is 0 Å². The molecule has 1 N–H and O–H groups in total. The summed E-state index contributed by atoms with van der Waals surface area (Å²) in [4.78, 5) is 4.28. The number of hydrogen-bond donors (Lipinski definition) is 1. The molecular weight excluding hydrogens is 412 g/mol. The zero-order chi connectivity index (χ0) is 23.0. The van der Waals surface area contributed by atoms with Crippen LogP contribution in [0.25, 0.3) is 33.3 Å². The van der Waals surface area contributed by atoms with E-state index in [1.165, 1.54) is 35.1 Å². The number of benzene rings is 2. The van der Waals surface area contributed by atoms with Crippen molar-refractivity contribution >= 4 is 10.9 Å². The van der Waals surface area contributed by atoms with E-state index in [1.54, 1.807) is 32.2 Å². The van der Waals surface area contributed by atoms with Crippen molar-refractivity contribution in [2.75, 3.05) is 0 Å². The first-order valence-electron chi connectivity index (χ1n) is 9.69. The average molecular weight is 429 g/mol. The number of aliphatic hydroxyl groups is 1. The first-order valence-corrected chi connectivity index (χ1v) is 9.69. The topological polar surface area (TPSA) is 98.5 Å². The van der Waals surface area contributed by atoms with E-state index in [0.717, 1.165) is 6.07 Å². The molecule has 0 saturated heterocycles. The Morgan fingerprint density at radius 3 is 2.44 bits per heavy atom. The van der Waals surface area contributed by atoms with Gasteiger partial charge in [-0.3, -0.25) is 9.67 Å². The highest BCUT2D eigenvalue weighted by Crippen LogP contribution is 2.37. The summed E-state index contributed by atoms with van der Waals surface area (Å²) in [7, 11) is 0. The van der Waals surface area contributed by atoms with Gasteiger partial charge in [-0.1, -0.05) is 6.07 Å². The van der Waals surface area contributed by atoms with Crippen LogP contribution in [-0.2, 0) is 6.54 Å². The van der Waals surface area contributed by atoms with Crippen LogP contribution in [0, 0.1) is 34.3 Å². The number of fused-ring (bicyclic) bond motifs is 1. The third-order valence-corrected chi connectivity index (χ3v) is 4.97. The van der Waals surface area contributed by atoms with Gasteiger partial charge in [0.2, 0.25) is 0 Å². The van der Waals surface area contributed by atoms with Crippen molar-refractivity contribution in [3.05, 3.63) is 71.6 Å². The maximum Gasteiger partial charge on any atom is 0.141 e. The molecule has 4 rings (SSSR count). The molecule has 2 aromatic carbocycles. The van der Waals surface area contributed by atoms with Gasteiger partial charge in [0.25, 0.3) is 0 Å². The molecule has 0 radical (unpaired) electrons. The highest BCUT2D eigenvalue weighted by molar-refractivity contribution is 5.91. The molecule has 0 saturated carbocycles. The van der Waals surface area contributed by atoms with Crippen molar-refractivity contribution in [1.29, 1.82) is 10.5 Å². The van der Waals surface area contributed by atoms with Crippen LogP contribution in [0.3, 0.4) is 0 Å². The van der Waals surface area contributed by atoms with E-state index in [0.29, 0.717) is 16.5 Å². The maximum atomic E-state index is 15.3. The second-order valence-corrected chi connectivity index (χ2v) is 8.01. The molecule has 0 amide bonds. The van der Waals surface area contributed by atoms with Crippen molar-refractivity contribution in [3.8, 4) is 34.5 Å². The molecule has 2 aromatic heterocycles. The van der Waals surface area contributed by atoms with E-state index in [4.69, 9.17) is 5.26 Å². The molecule has 0 aliphatic rings. The van der Waals surface area contributed by atoms with Gasteiger partial charge in [0.15, 0.2) is 0 Å². The van der Waals surface area contributed by atoms with Crippen molar-refractivity contribution in [2.45, 2.75) is 26.0 Å². The van der Waals surface area contributed by atoms with Gasteiger partial charge in [-0.25, -0.2) is 8.78 Å². The first kappa shape index (κ1) is 21.1. The van der Waals surface area contributed by atoms with Crippen LogP contribution in [0.15, 0.2) is 48.8 Å². The number of nitrogens with zero attached hydrogens (tertiary/aromatic N) is 5. The molecule has 6 nitrogen and oxygen atoms in total. The van der Waals surface area contributed by atoms with Gasteiger partial charge in [-0.15, -0.1) is 0 Å². The van der Waals surface area contributed by atoms with E-state index in [2.05, 4.69) is 10.1 Å². The van der Waals surface area contributed by atoms with Crippen LogP contribution in [-0.4, -0.2) is 25.5 Å². The van der Waals surface area contributed by atoms with Gasteiger partial charge >= 0.3 is 0 Å². The summed E-state index contributed by atoms with van der Waals surface area (Å²) in [6, 6.07) is 12.1. The van der Waals surface area contributed by atoms with E-state index >= 15 is 4.39 Å². The van der Waals surface area contributed by atoms with Crippen molar-refractivity contribution in [2.24, 2.45) is 0 Å². The summed E-state index contributed by atoms with van der Waals surface area (Å²) in [5.41, 5.74) is 0.346. The van der Waals surface area contributed by atoms with Gasteiger partial charge < -0.3 is 5.11 Å². The Balaban J connectivity index is 1.94. The summed E-state index contributed by atoms with van der Waals surface area (Å²) < 4.78 is 31.1. The SMILES string of the molecule is CC(C)(O)Cn1ncc2cc(-c3c(C#N)ccnc3-c3ccc(C#N)c(F)c3)c(F)cc21. The number of aromatic nitrogens is 3. The highest BCUT2D eigenvalue weighted by atomic mass is 19.1. The smallest absolute Gasteiger partial charge is 0.141 e. The molecule has 0 unspecified atom stereocenters. The minimum absolute atomic E-state index is 0.115. The molecule has 32 heavy (non-hydrogen) atoms. The van der Waals surface area contributed by atoms with Crippen LogP contribution in [0.4, 0.5) is 8.78 Å².